The highest BCUT2D eigenvalue weighted by atomic mass is 16.5. The molecule has 0 fully saturated rings. The van der Waals surface area contributed by atoms with Crippen LogP contribution in [0, 0.1) is 11.3 Å². The average Bonchev–Trinajstić information content (AvgIpc) is 2.99. The Labute approximate surface area is 169 Å². The number of ketones is 1. The zero-order chi connectivity index (χ0) is 20.6. The number of allylic oxidation sites excluding steroid dienone is 1. The Morgan fingerprint density at radius 1 is 1.00 bits per heavy atom. The summed E-state index contributed by atoms with van der Waals surface area (Å²) in [5.74, 6) is -0.304. The Bertz CT molecular complexity index is 1580. The molecule has 1 spiro atoms. The number of H-pyrrole nitrogens is 1. The van der Waals surface area contributed by atoms with Crippen LogP contribution >= 0.6 is 0 Å². The van der Waals surface area contributed by atoms with Crippen LogP contribution in [0.3, 0.4) is 0 Å². The molecular formula is C24H13N3O3. The van der Waals surface area contributed by atoms with Crippen molar-refractivity contribution < 1.29 is 9.53 Å². The van der Waals surface area contributed by atoms with E-state index < -0.39 is 11.0 Å². The molecule has 30 heavy (non-hydrogen) atoms. The summed E-state index contributed by atoms with van der Waals surface area (Å²) in [5.41, 5.74) is 5.70. The number of benzene rings is 3. The second kappa shape index (κ2) is 5.37. The minimum atomic E-state index is -1.65. The van der Waals surface area contributed by atoms with Gasteiger partial charge in [0.1, 0.15) is 22.8 Å². The molecule has 1 aliphatic carbocycles. The van der Waals surface area contributed by atoms with Gasteiger partial charge in [0.15, 0.2) is 5.78 Å². The van der Waals surface area contributed by atoms with Gasteiger partial charge in [0.2, 0.25) is 5.88 Å². The van der Waals surface area contributed by atoms with Crippen LogP contribution in [0.15, 0.2) is 76.9 Å². The van der Waals surface area contributed by atoms with Gasteiger partial charge in [-0.3, -0.25) is 9.59 Å². The molecule has 0 saturated carbocycles. The summed E-state index contributed by atoms with van der Waals surface area (Å²) < 4.78 is 5.82. The molecule has 4 aromatic rings. The molecule has 0 amide bonds. The summed E-state index contributed by atoms with van der Waals surface area (Å²) in [6.45, 7) is 0. The Morgan fingerprint density at radius 3 is 2.57 bits per heavy atom. The van der Waals surface area contributed by atoms with Gasteiger partial charge in [0.25, 0.3) is 5.56 Å². The van der Waals surface area contributed by atoms with Gasteiger partial charge < -0.3 is 15.5 Å². The van der Waals surface area contributed by atoms with E-state index in [1.165, 1.54) is 0 Å². The molecule has 0 saturated heterocycles. The number of nitrogens with one attached hydrogen (secondary N) is 1. The van der Waals surface area contributed by atoms with E-state index in [1.807, 2.05) is 24.3 Å². The molecule has 0 bridgehead atoms. The number of fused-ring (bicyclic) bond motifs is 5. The number of carbonyl (C=O) groups is 1. The quantitative estimate of drug-likeness (QED) is 0.478. The topological polar surface area (TPSA) is 109 Å². The lowest BCUT2D eigenvalue weighted by Crippen LogP contribution is -2.45. The van der Waals surface area contributed by atoms with Crippen molar-refractivity contribution in [3.63, 3.8) is 0 Å². The molecule has 142 valence electrons. The zero-order valence-electron chi connectivity index (χ0n) is 15.5. The third-order valence-electron chi connectivity index (χ3n) is 6.09. The molecular weight excluding hydrogens is 378 g/mol. The summed E-state index contributed by atoms with van der Waals surface area (Å²) in [7, 11) is 0. The first-order valence-electron chi connectivity index (χ1n) is 9.39. The van der Waals surface area contributed by atoms with Gasteiger partial charge in [-0.2, -0.15) is 5.26 Å². The van der Waals surface area contributed by atoms with Crippen molar-refractivity contribution in [3.05, 3.63) is 99.2 Å². The number of nitrogens with two attached hydrogens (primary N) is 1. The highest BCUT2D eigenvalue weighted by Gasteiger charge is 2.58. The number of ether oxygens (including phenoxy) is 1. The minimum absolute atomic E-state index is 0.0653. The molecule has 2 heterocycles. The van der Waals surface area contributed by atoms with Gasteiger partial charge in [-0.1, -0.05) is 48.5 Å². The maximum absolute atomic E-state index is 14.0. The van der Waals surface area contributed by atoms with E-state index in [0.29, 0.717) is 22.0 Å². The van der Waals surface area contributed by atoms with Crippen molar-refractivity contribution in [1.29, 1.82) is 5.26 Å². The van der Waals surface area contributed by atoms with Crippen LogP contribution in [-0.2, 0) is 5.41 Å². The Morgan fingerprint density at radius 2 is 1.77 bits per heavy atom. The van der Waals surface area contributed by atoms with Crippen LogP contribution in [0.2, 0.25) is 0 Å². The van der Waals surface area contributed by atoms with Gasteiger partial charge in [-0.15, -0.1) is 0 Å². The first-order chi connectivity index (χ1) is 14.6. The Hall–Kier alpha value is -4.37. The average molecular weight is 391 g/mol. The summed E-state index contributed by atoms with van der Waals surface area (Å²) in [5, 5.41) is 12.2. The van der Waals surface area contributed by atoms with E-state index in [1.54, 1.807) is 36.4 Å². The number of hydrogen-bond acceptors (Lipinski definition) is 5. The number of pyridine rings is 1. The second-order valence-electron chi connectivity index (χ2n) is 7.45. The standard InChI is InChI=1S/C24H13N3O3/c25-11-16-22(26)30-20-13-7-1-2-10-17(13)27-23(29)19(20)24(16)15-9-4-6-12-5-3-8-14(18(12)15)21(24)28/h1-10H,26H2,(H,27,29). The minimum Gasteiger partial charge on any atom is -0.439 e. The van der Waals surface area contributed by atoms with Gasteiger partial charge in [0.05, 0.1) is 11.1 Å². The highest BCUT2D eigenvalue weighted by Crippen LogP contribution is 2.55. The molecule has 2 aliphatic rings. The first-order valence-corrected chi connectivity index (χ1v) is 9.39. The maximum atomic E-state index is 14.0. The Kier molecular flexibility index (Phi) is 2.96. The van der Waals surface area contributed by atoms with Crippen LogP contribution in [-0.4, -0.2) is 10.8 Å². The van der Waals surface area contributed by atoms with E-state index >= 15 is 0 Å². The molecule has 6 heteroatoms. The molecule has 6 rings (SSSR count). The van der Waals surface area contributed by atoms with Crippen LogP contribution < -0.4 is 16.0 Å². The summed E-state index contributed by atoms with van der Waals surface area (Å²) in [6, 6.07) is 20.1. The molecule has 1 aliphatic heterocycles. The van der Waals surface area contributed by atoms with Crippen molar-refractivity contribution in [2.45, 2.75) is 5.41 Å². The smallest absolute Gasteiger partial charge is 0.257 e. The summed E-state index contributed by atoms with van der Waals surface area (Å²) in [6.07, 6.45) is 0. The van der Waals surface area contributed by atoms with Gasteiger partial charge in [-0.25, -0.2) is 0 Å². The third kappa shape index (κ3) is 1.69. The first kappa shape index (κ1) is 16.6. The normalized spacial score (nSPS) is 19.2. The van der Waals surface area contributed by atoms with Crippen LogP contribution in [0.4, 0.5) is 0 Å². The van der Waals surface area contributed by atoms with Gasteiger partial charge in [0, 0.05) is 10.9 Å². The number of aromatic amines is 1. The molecule has 3 N–H and O–H groups in total. The van der Waals surface area contributed by atoms with E-state index in [9.17, 15) is 14.9 Å². The largest absolute Gasteiger partial charge is 0.439 e. The monoisotopic (exact) mass is 391 g/mol. The lowest BCUT2D eigenvalue weighted by molar-refractivity contribution is 0.0936. The lowest BCUT2D eigenvalue weighted by atomic mass is 9.67. The van der Waals surface area contributed by atoms with E-state index in [2.05, 4.69) is 11.1 Å². The van der Waals surface area contributed by atoms with Crippen molar-refractivity contribution >= 4 is 27.5 Å². The number of hydrogen-bond donors (Lipinski definition) is 2. The fourth-order valence-electron chi connectivity index (χ4n) is 4.93. The zero-order valence-corrected chi connectivity index (χ0v) is 15.5. The maximum Gasteiger partial charge on any atom is 0.257 e. The van der Waals surface area contributed by atoms with Crippen molar-refractivity contribution in [2.75, 3.05) is 0 Å². The van der Waals surface area contributed by atoms with Crippen LogP contribution in [0.1, 0.15) is 21.5 Å². The molecule has 1 unspecified atom stereocenters. The number of para-hydroxylation sites is 1. The van der Waals surface area contributed by atoms with Gasteiger partial charge >= 0.3 is 0 Å². The molecule has 3 aromatic carbocycles. The number of nitriles is 1. The fraction of sp³-hybridized carbons (Fsp3) is 0.0417. The van der Waals surface area contributed by atoms with Crippen molar-refractivity contribution in [2.24, 2.45) is 5.73 Å². The third-order valence-corrected chi connectivity index (χ3v) is 6.09. The van der Waals surface area contributed by atoms with Crippen molar-refractivity contribution in [3.8, 4) is 11.8 Å². The molecule has 1 aromatic heterocycles. The second-order valence-corrected chi connectivity index (χ2v) is 7.45. The van der Waals surface area contributed by atoms with Gasteiger partial charge in [-0.05, 0) is 28.5 Å². The summed E-state index contributed by atoms with van der Waals surface area (Å²) >= 11 is 0. The van der Waals surface area contributed by atoms with Crippen molar-refractivity contribution in [1.82, 2.24) is 4.98 Å². The number of carbonyl (C=O) groups excluding carboxylic acids is 1. The molecule has 1 atom stereocenters. The SMILES string of the molecule is N#CC1=C(N)Oc2c(c(=O)[nH]c3ccccc23)C12C(=O)c1cccc3cccc2c13. The predicted octanol–water partition coefficient (Wildman–Crippen LogP) is 3.25. The number of nitrogens with zero attached hydrogens (tertiary/aromatic N) is 1. The van der Waals surface area contributed by atoms with E-state index in [-0.39, 0.29) is 28.6 Å². The highest BCUT2D eigenvalue weighted by molar-refractivity contribution is 6.24. The summed E-state index contributed by atoms with van der Waals surface area (Å²) in [4.78, 5) is 30.2. The predicted molar refractivity (Wildman–Crippen MR) is 111 cm³/mol. The van der Waals surface area contributed by atoms with Crippen LogP contribution in [0.25, 0.3) is 21.7 Å². The number of rotatable bonds is 0. The lowest BCUT2D eigenvalue weighted by Gasteiger charge is -2.34. The Balaban J connectivity index is 1.89. The molecule has 6 nitrogen and oxygen atoms in total. The number of Topliss-reactive ketones (excluding diaryl/α,β-unsaturated/α-hetero) is 1. The van der Waals surface area contributed by atoms with E-state index in [4.69, 9.17) is 10.5 Å². The van der Waals surface area contributed by atoms with E-state index in [0.717, 1.165) is 10.8 Å². The fourth-order valence-corrected chi connectivity index (χ4v) is 4.93. The number of aromatic nitrogens is 1. The van der Waals surface area contributed by atoms with Crippen LogP contribution in [0.5, 0.6) is 5.75 Å². The molecule has 0 radical (unpaired) electrons.